The van der Waals surface area contributed by atoms with E-state index in [-0.39, 0.29) is 0 Å². The summed E-state index contributed by atoms with van der Waals surface area (Å²) in [6, 6.07) is 4.24. The molecule has 0 amide bonds. The summed E-state index contributed by atoms with van der Waals surface area (Å²) in [7, 11) is -3.26. The average Bonchev–Trinajstić information content (AvgIpc) is 2.13. The van der Waals surface area contributed by atoms with Crippen LogP contribution < -0.4 is 0 Å². The lowest BCUT2D eigenvalue weighted by atomic mass is 10.1. The van der Waals surface area contributed by atoms with E-state index in [1.54, 1.807) is 0 Å². The van der Waals surface area contributed by atoms with Gasteiger partial charge in [-0.15, -0.1) is 0 Å². The molecule has 0 bridgehead atoms. The van der Waals surface area contributed by atoms with E-state index < -0.39 is 21.6 Å². The largest absolute Gasteiger partial charge is 0.416 e. The zero-order valence-corrected chi connectivity index (χ0v) is 9.14. The molecule has 0 unspecified atom stereocenters. The molecule has 0 aliphatic rings. The molecule has 6 heteroatoms. The first-order chi connectivity index (χ1) is 7.18. The highest BCUT2D eigenvalue weighted by Crippen LogP contribution is 2.29. The van der Waals surface area contributed by atoms with Crippen LogP contribution in [0.3, 0.4) is 0 Å². The fourth-order valence-electron chi connectivity index (χ4n) is 0.985. The molecule has 0 saturated carbocycles. The highest BCUT2D eigenvalue weighted by Gasteiger charge is 2.29. The van der Waals surface area contributed by atoms with Crippen molar-refractivity contribution in [1.29, 1.82) is 0 Å². The van der Waals surface area contributed by atoms with Gasteiger partial charge < -0.3 is 0 Å². The van der Waals surface area contributed by atoms with Gasteiger partial charge in [-0.1, -0.05) is 12.1 Å². The van der Waals surface area contributed by atoms with Gasteiger partial charge in [0.2, 0.25) is 0 Å². The Kier molecular flexibility index (Phi) is 3.42. The zero-order chi connectivity index (χ0) is 12.4. The molecule has 0 spiro atoms. The maximum absolute atomic E-state index is 12.2. The summed E-state index contributed by atoms with van der Waals surface area (Å²) < 4.78 is 58.1. The number of benzene rings is 1. The Hall–Kier alpha value is -1.30. The van der Waals surface area contributed by atoms with E-state index in [9.17, 15) is 21.6 Å². The van der Waals surface area contributed by atoms with E-state index >= 15 is 0 Å². The number of alkyl halides is 3. The second-order valence-corrected chi connectivity index (χ2v) is 5.18. The van der Waals surface area contributed by atoms with Crippen LogP contribution in [0.1, 0.15) is 11.1 Å². The fraction of sp³-hybridized carbons (Fsp3) is 0.200. The van der Waals surface area contributed by atoms with E-state index in [0.717, 1.165) is 23.8 Å². The maximum Gasteiger partial charge on any atom is 0.416 e. The Labute approximate surface area is 91.3 Å². The highest BCUT2D eigenvalue weighted by molar-refractivity contribution is 7.93. The standard InChI is InChI=1S/C10H9F3O2S/c1-16(14,15)7-6-8-2-4-9(5-3-8)10(11,12)13/h2-7H,1H3/b7-6+. The maximum atomic E-state index is 12.2. The summed E-state index contributed by atoms with van der Waals surface area (Å²) in [6.45, 7) is 0. The number of sulfone groups is 1. The van der Waals surface area contributed by atoms with E-state index in [0.29, 0.717) is 5.56 Å². The number of rotatable bonds is 2. The second-order valence-electron chi connectivity index (χ2n) is 3.25. The molecule has 88 valence electrons. The van der Waals surface area contributed by atoms with Crippen molar-refractivity contribution in [3.8, 4) is 0 Å². The molecule has 0 aliphatic carbocycles. The minimum atomic E-state index is -4.38. The second kappa shape index (κ2) is 4.29. The smallest absolute Gasteiger partial charge is 0.225 e. The lowest BCUT2D eigenvalue weighted by Crippen LogP contribution is -2.03. The minimum Gasteiger partial charge on any atom is -0.225 e. The summed E-state index contributed by atoms with van der Waals surface area (Å²) in [5.41, 5.74) is -0.359. The van der Waals surface area contributed by atoms with Crippen LogP contribution in [0.2, 0.25) is 0 Å². The normalized spacial score (nSPS) is 13.2. The van der Waals surface area contributed by atoms with Crippen LogP contribution in [0.25, 0.3) is 6.08 Å². The van der Waals surface area contributed by atoms with E-state index in [2.05, 4.69) is 0 Å². The van der Waals surface area contributed by atoms with Crippen molar-refractivity contribution >= 4 is 15.9 Å². The van der Waals surface area contributed by atoms with Crippen LogP contribution in [0.15, 0.2) is 29.7 Å². The molecule has 0 heterocycles. The van der Waals surface area contributed by atoms with Crippen molar-refractivity contribution in [3.05, 3.63) is 40.8 Å². The molecule has 0 aromatic heterocycles. The van der Waals surface area contributed by atoms with Crippen LogP contribution >= 0.6 is 0 Å². The first-order valence-electron chi connectivity index (χ1n) is 4.24. The predicted octanol–water partition coefficient (Wildman–Crippen LogP) is 2.72. The third-order valence-corrected chi connectivity index (χ3v) is 2.38. The fourth-order valence-corrected chi connectivity index (χ4v) is 1.39. The van der Waals surface area contributed by atoms with Crippen molar-refractivity contribution < 1.29 is 21.6 Å². The van der Waals surface area contributed by atoms with Gasteiger partial charge in [0, 0.05) is 11.7 Å². The van der Waals surface area contributed by atoms with E-state index in [1.807, 2.05) is 0 Å². The van der Waals surface area contributed by atoms with Gasteiger partial charge in [0.25, 0.3) is 0 Å². The lowest BCUT2D eigenvalue weighted by Gasteiger charge is -2.05. The number of halogens is 3. The molecule has 1 rings (SSSR count). The van der Waals surface area contributed by atoms with Crippen LogP contribution in [-0.4, -0.2) is 14.7 Å². The molecule has 0 fully saturated rings. The molecule has 16 heavy (non-hydrogen) atoms. The van der Waals surface area contributed by atoms with Crippen molar-refractivity contribution in [2.24, 2.45) is 0 Å². The molecule has 0 radical (unpaired) electrons. The molecular formula is C10H9F3O2S. The SMILES string of the molecule is CS(=O)(=O)/C=C/c1ccc(C(F)(F)F)cc1. The zero-order valence-electron chi connectivity index (χ0n) is 8.32. The molecular weight excluding hydrogens is 241 g/mol. The van der Waals surface area contributed by atoms with Crippen LogP contribution in [0, 0.1) is 0 Å². The molecule has 1 aromatic carbocycles. The summed E-state index contributed by atoms with van der Waals surface area (Å²) in [5, 5.41) is 0.940. The third kappa shape index (κ3) is 4.06. The summed E-state index contributed by atoms with van der Waals surface area (Å²) in [6.07, 6.45) is -2.12. The summed E-state index contributed by atoms with van der Waals surface area (Å²) in [4.78, 5) is 0. The van der Waals surface area contributed by atoms with Crippen molar-refractivity contribution in [2.75, 3.05) is 6.26 Å². The molecule has 0 saturated heterocycles. The molecule has 0 atom stereocenters. The Morgan fingerprint density at radius 2 is 1.62 bits per heavy atom. The number of hydrogen-bond donors (Lipinski definition) is 0. The molecule has 0 aliphatic heterocycles. The average molecular weight is 250 g/mol. The Morgan fingerprint density at radius 3 is 2.00 bits per heavy atom. The monoisotopic (exact) mass is 250 g/mol. The first-order valence-corrected chi connectivity index (χ1v) is 6.19. The van der Waals surface area contributed by atoms with E-state index in [4.69, 9.17) is 0 Å². The van der Waals surface area contributed by atoms with Gasteiger partial charge in [-0.3, -0.25) is 0 Å². The van der Waals surface area contributed by atoms with Crippen LogP contribution in [0.5, 0.6) is 0 Å². The van der Waals surface area contributed by atoms with Gasteiger partial charge in [0.05, 0.1) is 5.56 Å². The first kappa shape index (κ1) is 12.8. The Morgan fingerprint density at radius 1 is 1.12 bits per heavy atom. The van der Waals surface area contributed by atoms with Crippen LogP contribution in [0.4, 0.5) is 13.2 Å². The van der Waals surface area contributed by atoms with Crippen molar-refractivity contribution in [3.63, 3.8) is 0 Å². The molecule has 2 nitrogen and oxygen atoms in total. The summed E-state index contributed by atoms with van der Waals surface area (Å²) >= 11 is 0. The minimum absolute atomic E-state index is 0.401. The quantitative estimate of drug-likeness (QED) is 0.808. The lowest BCUT2D eigenvalue weighted by molar-refractivity contribution is -0.137. The van der Waals surface area contributed by atoms with Gasteiger partial charge in [-0.2, -0.15) is 13.2 Å². The van der Waals surface area contributed by atoms with Gasteiger partial charge in [0.15, 0.2) is 9.84 Å². The molecule has 1 aromatic rings. The highest BCUT2D eigenvalue weighted by atomic mass is 32.2. The summed E-state index contributed by atoms with van der Waals surface area (Å²) in [5.74, 6) is 0. The van der Waals surface area contributed by atoms with Crippen molar-refractivity contribution in [1.82, 2.24) is 0 Å². The number of hydrogen-bond acceptors (Lipinski definition) is 2. The predicted molar refractivity (Wildman–Crippen MR) is 55.3 cm³/mol. The van der Waals surface area contributed by atoms with Crippen LogP contribution in [-0.2, 0) is 16.0 Å². The van der Waals surface area contributed by atoms with E-state index in [1.165, 1.54) is 18.2 Å². The van der Waals surface area contributed by atoms with Gasteiger partial charge >= 0.3 is 6.18 Å². The Bertz CT molecular complexity index is 484. The topological polar surface area (TPSA) is 34.1 Å². The third-order valence-electron chi connectivity index (χ3n) is 1.75. The van der Waals surface area contributed by atoms with Crippen molar-refractivity contribution in [2.45, 2.75) is 6.18 Å². The van der Waals surface area contributed by atoms with Gasteiger partial charge in [0.1, 0.15) is 0 Å². The van der Waals surface area contributed by atoms with Gasteiger partial charge in [-0.05, 0) is 23.8 Å². The van der Waals surface area contributed by atoms with Gasteiger partial charge in [-0.25, -0.2) is 8.42 Å². The molecule has 0 N–H and O–H groups in total. The Balaban J connectivity index is 2.93.